The monoisotopic (exact) mass is 252 g/mol. The Kier molecular flexibility index (Phi) is 2.23. The van der Waals surface area contributed by atoms with Crippen LogP contribution in [0.25, 0.3) is 10.8 Å². The van der Waals surface area contributed by atoms with E-state index in [2.05, 4.69) is 0 Å². The van der Waals surface area contributed by atoms with Crippen LogP contribution in [0.1, 0.15) is 0 Å². The van der Waals surface area contributed by atoms with Crippen molar-refractivity contribution in [3.63, 3.8) is 0 Å². The summed E-state index contributed by atoms with van der Waals surface area (Å²) in [6.45, 7) is 0. The number of fused-ring (bicyclic) bond motifs is 1. The average molecular weight is 252 g/mol. The molecule has 0 saturated heterocycles. The van der Waals surface area contributed by atoms with E-state index in [0.717, 1.165) is 10.8 Å². The van der Waals surface area contributed by atoms with Gasteiger partial charge in [-0.25, -0.2) is 0 Å². The topological polar surface area (TPSA) is 57.5 Å². The molecular formula is C10H9AsO3. The Morgan fingerprint density at radius 2 is 1.57 bits per heavy atom. The molecule has 0 aromatic heterocycles. The van der Waals surface area contributed by atoms with Gasteiger partial charge in [0.25, 0.3) is 0 Å². The molecule has 0 unspecified atom stereocenters. The van der Waals surface area contributed by atoms with Crippen LogP contribution in [0.3, 0.4) is 0 Å². The second-order valence-corrected chi connectivity index (χ2v) is 6.44. The summed E-state index contributed by atoms with van der Waals surface area (Å²) in [7, 11) is 0. The maximum absolute atomic E-state index is 11.0. The molecule has 0 radical (unpaired) electrons. The van der Waals surface area contributed by atoms with Gasteiger partial charge in [-0.2, -0.15) is 0 Å². The Hall–Kier alpha value is -1.02. The average Bonchev–Trinajstić information content (AvgIpc) is 2.16. The van der Waals surface area contributed by atoms with Crippen LogP contribution in [0, 0.1) is 0 Å². The van der Waals surface area contributed by atoms with Crippen LogP contribution in [0.4, 0.5) is 0 Å². The zero-order valence-electron chi connectivity index (χ0n) is 7.29. The Morgan fingerprint density at radius 3 is 2.21 bits per heavy atom. The summed E-state index contributed by atoms with van der Waals surface area (Å²) in [5.41, 5.74) is 0. The molecular weight excluding hydrogens is 243 g/mol. The van der Waals surface area contributed by atoms with E-state index >= 15 is 0 Å². The van der Waals surface area contributed by atoms with Crippen molar-refractivity contribution in [1.82, 2.24) is 0 Å². The molecule has 0 fully saturated rings. The molecule has 0 aliphatic rings. The van der Waals surface area contributed by atoms with E-state index in [-0.39, 0.29) is 4.35 Å². The molecule has 0 aliphatic carbocycles. The SMILES string of the molecule is O=[As](O)(O)c1ccc2ccccc2c1. The van der Waals surface area contributed by atoms with Gasteiger partial charge in [-0.15, -0.1) is 0 Å². The third-order valence-electron chi connectivity index (χ3n) is 2.07. The van der Waals surface area contributed by atoms with Crippen LogP contribution >= 0.6 is 0 Å². The fourth-order valence-electron chi connectivity index (χ4n) is 1.36. The van der Waals surface area contributed by atoms with Crippen LogP contribution in [-0.2, 0) is 3.74 Å². The van der Waals surface area contributed by atoms with Gasteiger partial charge in [-0.1, -0.05) is 0 Å². The predicted molar refractivity (Wildman–Crippen MR) is 54.5 cm³/mol. The molecule has 0 amide bonds. The van der Waals surface area contributed by atoms with Crippen molar-refractivity contribution in [2.75, 3.05) is 0 Å². The molecule has 0 atom stereocenters. The summed E-state index contributed by atoms with van der Waals surface area (Å²) in [5.74, 6) is 0. The minimum absolute atomic E-state index is 0.127. The first-order valence-corrected chi connectivity index (χ1v) is 7.50. The molecule has 0 heterocycles. The van der Waals surface area contributed by atoms with Gasteiger partial charge < -0.3 is 0 Å². The molecule has 2 N–H and O–H groups in total. The fraction of sp³-hybridized carbons (Fsp3) is 0. The summed E-state index contributed by atoms with van der Waals surface area (Å²) in [5, 5.41) is 1.84. The number of rotatable bonds is 1. The first-order chi connectivity index (χ1) is 6.57. The fourth-order valence-corrected chi connectivity index (χ4v) is 2.57. The molecule has 3 nitrogen and oxygen atoms in total. The third-order valence-corrected chi connectivity index (χ3v) is 4.06. The standard InChI is InChI=1S/C10H9AsO3/c12-11(13,14)10-6-5-8-3-1-2-4-9(8)7-10/h1-7H,(H2,12,13,14). The maximum atomic E-state index is 11.0. The second-order valence-electron chi connectivity index (χ2n) is 3.08. The van der Waals surface area contributed by atoms with Gasteiger partial charge in [0.2, 0.25) is 0 Å². The van der Waals surface area contributed by atoms with E-state index in [0.29, 0.717) is 0 Å². The molecule has 0 bridgehead atoms. The Morgan fingerprint density at radius 1 is 0.929 bits per heavy atom. The number of hydrogen-bond acceptors (Lipinski definition) is 1. The van der Waals surface area contributed by atoms with E-state index in [1.165, 1.54) is 6.07 Å². The number of benzene rings is 2. The summed E-state index contributed by atoms with van der Waals surface area (Å²) in [6.07, 6.45) is 0. The third kappa shape index (κ3) is 1.75. The van der Waals surface area contributed by atoms with E-state index in [9.17, 15) is 3.74 Å². The molecule has 0 saturated carbocycles. The summed E-state index contributed by atoms with van der Waals surface area (Å²) in [4.78, 5) is 0. The first-order valence-electron chi connectivity index (χ1n) is 4.12. The van der Waals surface area contributed by atoms with Crippen molar-refractivity contribution < 1.29 is 11.9 Å². The molecule has 72 valence electrons. The summed E-state index contributed by atoms with van der Waals surface area (Å²) < 4.78 is 29.2. The molecule has 2 aromatic carbocycles. The Bertz CT molecular complexity index is 516. The number of hydrogen-bond donors (Lipinski definition) is 2. The van der Waals surface area contributed by atoms with Crippen molar-refractivity contribution in [3.8, 4) is 0 Å². The zero-order valence-corrected chi connectivity index (χ0v) is 9.17. The van der Waals surface area contributed by atoms with Crippen molar-refractivity contribution in [2.45, 2.75) is 0 Å². The molecule has 0 aliphatic heterocycles. The normalized spacial score (nSPS) is 11.9. The summed E-state index contributed by atoms with van der Waals surface area (Å²) >= 11 is -4.73. The van der Waals surface area contributed by atoms with Crippen LogP contribution in [-0.4, -0.2) is 22.4 Å². The van der Waals surface area contributed by atoms with Crippen molar-refractivity contribution in [1.29, 1.82) is 0 Å². The van der Waals surface area contributed by atoms with Gasteiger partial charge in [0, 0.05) is 0 Å². The Labute approximate surface area is 84.0 Å². The van der Waals surface area contributed by atoms with Gasteiger partial charge in [0.1, 0.15) is 0 Å². The zero-order chi connectivity index (χ0) is 10.2. The predicted octanol–water partition coefficient (Wildman–Crippen LogP) is 0.401. The van der Waals surface area contributed by atoms with Gasteiger partial charge in [0.15, 0.2) is 0 Å². The molecule has 2 aromatic rings. The van der Waals surface area contributed by atoms with Gasteiger partial charge in [-0.05, 0) is 0 Å². The van der Waals surface area contributed by atoms with Gasteiger partial charge in [0.05, 0.1) is 0 Å². The van der Waals surface area contributed by atoms with Crippen molar-refractivity contribution in [3.05, 3.63) is 42.5 Å². The van der Waals surface area contributed by atoms with Crippen LogP contribution < -0.4 is 4.35 Å². The van der Waals surface area contributed by atoms with Crippen molar-refractivity contribution >= 4 is 29.3 Å². The van der Waals surface area contributed by atoms with Gasteiger partial charge in [-0.3, -0.25) is 0 Å². The molecule has 2 rings (SSSR count). The molecule has 0 spiro atoms. The molecule has 4 heteroatoms. The van der Waals surface area contributed by atoms with E-state index in [4.69, 9.17) is 8.19 Å². The Balaban J connectivity index is 2.69. The molecule has 14 heavy (non-hydrogen) atoms. The first kappa shape index (κ1) is 9.53. The van der Waals surface area contributed by atoms with E-state index < -0.39 is 14.2 Å². The van der Waals surface area contributed by atoms with Gasteiger partial charge >= 0.3 is 83.7 Å². The van der Waals surface area contributed by atoms with E-state index in [1.54, 1.807) is 12.1 Å². The minimum atomic E-state index is -4.73. The van der Waals surface area contributed by atoms with Crippen molar-refractivity contribution in [2.24, 2.45) is 0 Å². The van der Waals surface area contributed by atoms with Crippen LogP contribution in [0.2, 0.25) is 0 Å². The summed E-state index contributed by atoms with van der Waals surface area (Å²) in [6, 6.07) is 12.3. The van der Waals surface area contributed by atoms with Crippen LogP contribution in [0.15, 0.2) is 42.5 Å². The second kappa shape index (κ2) is 3.28. The van der Waals surface area contributed by atoms with E-state index in [1.807, 2.05) is 24.3 Å². The quantitative estimate of drug-likeness (QED) is 0.722. The van der Waals surface area contributed by atoms with Crippen LogP contribution in [0.5, 0.6) is 0 Å².